The van der Waals surface area contributed by atoms with Gasteiger partial charge in [-0.05, 0) is 48.2 Å². The molecule has 1 aromatic heterocycles. The molecule has 144 valence electrons. The number of amides is 1. The number of halogens is 1. The van der Waals surface area contributed by atoms with E-state index in [1.54, 1.807) is 18.2 Å². The zero-order valence-corrected chi connectivity index (χ0v) is 16.5. The van der Waals surface area contributed by atoms with Crippen molar-refractivity contribution in [2.45, 2.75) is 24.7 Å². The van der Waals surface area contributed by atoms with Crippen LogP contribution in [0, 0.1) is 0 Å². The van der Waals surface area contributed by atoms with E-state index in [1.807, 2.05) is 30.3 Å². The lowest BCUT2D eigenvalue weighted by Crippen LogP contribution is -2.36. The highest BCUT2D eigenvalue weighted by Gasteiger charge is 2.43. The molecular formula is C24H20ClN3O. The lowest BCUT2D eigenvalue weighted by Gasteiger charge is -2.40. The predicted molar refractivity (Wildman–Crippen MR) is 116 cm³/mol. The standard InChI is InChI=1S/C24H20ClN3O/c25-18-6-3-5-17(22(26)29)21(18)15-9-11-16(12-10-15)24(13-4-14-24)23-27-19-7-1-2-8-20(19)28-23/h1-3,5-12H,4,13-14H2,(H2,26,29)(H,27,28). The third-order valence-electron chi connectivity index (χ3n) is 6.06. The summed E-state index contributed by atoms with van der Waals surface area (Å²) in [6.45, 7) is 0. The number of nitrogens with one attached hydrogen (secondary N) is 1. The number of H-pyrrole nitrogens is 1. The van der Waals surface area contributed by atoms with Gasteiger partial charge in [-0.2, -0.15) is 0 Å². The monoisotopic (exact) mass is 401 g/mol. The first-order valence-corrected chi connectivity index (χ1v) is 10.1. The van der Waals surface area contributed by atoms with Crippen LogP contribution in [0.15, 0.2) is 66.7 Å². The first-order valence-electron chi connectivity index (χ1n) is 9.73. The number of fused-ring (bicyclic) bond motifs is 1. The number of nitrogens with zero attached hydrogens (tertiary/aromatic N) is 1. The van der Waals surface area contributed by atoms with Crippen molar-refractivity contribution in [3.05, 3.63) is 88.7 Å². The molecule has 0 saturated heterocycles. The lowest BCUT2D eigenvalue weighted by molar-refractivity contribution is 0.100. The Bertz CT molecular complexity index is 1190. The third-order valence-corrected chi connectivity index (χ3v) is 6.37. The number of para-hydroxylation sites is 2. The van der Waals surface area contributed by atoms with Crippen LogP contribution in [-0.4, -0.2) is 15.9 Å². The maximum Gasteiger partial charge on any atom is 0.249 e. The molecule has 4 nitrogen and oxygen atoms in total. The highest BCUT2D eigenvalue weighted by Crippen LogP contribution is 2.48. The molecule has 0 spiro atoms. The highest BCUT2D eigenvalue weighted by atomic mass is 35.5. The number of imidazole rings is 1. The molecule has 29 heavy (non-hydrogen) atoms. The van der Waals surface area contributed by atoms with Crippen LogP contribution in [0.4, 0.5) is 0 Å². The zero-order chi connectivity index (χ0) is 20.0. The second-order valence-electron chi connectivity index (χ2n) is 7.64. The van der Waals surface area contributed by atoms with E-state index in [9.17, 15) is 4.79 Å². The van der Waals surface area contributed by atoms with Gasteiger partial charge >= 0.3 is 0 Å². The van der Waals surface area contributed by atoms with Gasteiger partial charge < -0.3 is 10.7 Å². The summed E-state index contributed by atoms with van der Waals surface area (Å²) in [5.74, 6) is 0.539. The second kappa shape index (κ2) is 6.75. The number of primary amides is 1. The Hall–Kier alpha value is -3.11. The van der Waals surface area contributed by atoms with Crippen molar-refractivity contribution in [1.82, 2.24) is 9.97 Å². The van der Waals surface area contributed by atoms with Crippen LogP contribution >= 0.6 is 11.6 Å². The second-order valence-corrected chi connectivity index (χ2v) is 8.05. The molecule has 0 aliphatic heterocycles. The van der Waals surface area contributed by atoms with Crippen molar-refractivity contribution in [2.24, 2.45) is 5.73 Å². The molecule has 3 N–H and O–H groups in total. The Morgan fingerprint density at radius 3 is 2.41 bits per heavy atom. The molecule has 3 aromatic carbocycles. The molecule has 0 bridgehead atoms. The Morgan fingerprint density at radius 2 is 1.76 bits per heavy atom. The van der Waals surface area contributed by atoms with Gasteiger partial charge in [0, 0.05) is 16.1 Å². The fourth-order valence-electron chi connectivity index (χ4n) is 4.35. The number of rotatable bonds is 4. The van der Waals surface area contributed by atoms with E-state index in [0.717, 1.165) is 35.3 Å². The van der Waals surface area contributed by atoms with Crippen molar-refractivity contribution in [1.29, 1.82) is 0 Å². The molecule has 1 fully saturated rings. The minimum absolute atomic E-state index is 0.0927. The molecule has 1 amide bonds. The van der Waals surface area contributed by atoms with E-state index in [2.05, 4.69) is 23.2 Å². The van der Waals surface area contributed by atoms with Gasteiger partial charge in [0.05, 0.1) is 16.4 Å². The lowest BCUT2D eigenvalue weighted by atomic mass is 9.64. The fraction of sp³-hybridized carbons (Fsp3) is 0.167. The Labute approximate surface area is 173 Å². The van der Waals surface area contributed by atoms with Crippen LogP contribution in [0.5, 0.6) is 0 Å². The van der Waals surface area contributed by atoms with E-state index in [-0.39, 0.29) is 5.41 Å². The molecule has 5 heteroatoms. The van der Waals surface area contributed by atoms with E-state index in [0.29, 0.717) is 16.1 Å². The third kappa shape index (κ3) is 2.83. The van der Waals surface area contributed by atoms with Crippen molar-refractivity contribution in [3.8, 4) is 11.1 Å². The average molecular weight is 402 g/mol. The number of carbonyl (C=O) groups excluding carboxylic acids is 1. The minimum atomic E-state index is -0.482. The van der Waals surface area contributed by atoms with Crippen LogP contribution in [0.3, 0.4) is 0 Å². The Balaban J connectivity index is 1.57. The van der Waals surface area contributed by atoms with E-state index < -0.39 is 5.91 Å². The minimum Gasteiger partial charge on any atom is -0.366 e. The van der Waals surface area contributed by atoms with Gasteiger partial charge in [-0.1, -0.05) is 60.5 Å². The Kier molecular flexibility index (Phi) is 4.18. The van der Waals surface area contributed by atoms with Crippen molar-refractivity contribution >= 4 is 28.5 Å². The van der Waals surface area contributed by atoms with Crippen LogP contribution in [0.2, 0.25) is 5.02 Å². The summed E-state index contributed by atoms with van der Waals surface area (Å²) in [6.07, 6.45) is 3.30. The number of carbonyl (C=O) groups is 1. The molecule has 1 saturated carbocycles. The van der Waals surface area contributed by atoms with E-state index >= 15 is 0 Å². The summed E-state index contributed by atoms with van der Waals surface area (Å²) in [7, 11) is 0. The zero-order valence-electron chi connectivity index (χ0n) is 15.8. The first-order chi connectivity index (χ1) is 14.1. The number of aromatic nitrogens is 2. The van der Waals surface area contributed by atoms with Crippen molar-refractivity contribution < 1.29 is 4.79 Å². The smallest absolute Gasteiger partial charge is 0.249 e. The van der Waals surface area contributed by atoms with Gasteiger partial charge in [0.2, 0.25) is 5.91 Å². The summed E-state index contributed by atoms with van der Waals surface area (Å²) < 4.78 is 0. The van der Waals surface area contributed by atoms with Crippen LogP contribution < -0.4 is 5.73 Å². The largest absolute Gasteiger partial charge is 0.366 e. The van der Waals surface area contributed by atoms with Crippen molar-refractivity contribution in [3.63, 3.8) is 0 Å². The van der Waals surface area contributed by atoms with Crippen LogP contribution in [0.25, 0.3) is 22.2 Å². The summed E-state index contributed by atoms with van der Waals surface area (Å²) in [5, 5.41) is 0.518. The topological polar surface area (TPSA) is 71.8 Å². The summed E-state index contributed by atoms with van der Waals surface area (Å²) in [4.78, 5) is 20.3. The van der Waals surface area contributed by atoms with Crippen LogP contribution in [0.1, 0.15) is 41.0 Å². The van der Waals surface area contributed by atoms with Gasteiger partial charge in [0.15, 0.2) is 0 Å². The quantitative estimate of drug-likeness (QED) is 0.477. The normalized spacial score (nSPS) is 15.2. The molecule has 0 radical (unpaired) electrons. The van der Waals surface area contributed by atoms with Gasteiger partial charge in [0.25, 0.3) is 0 Å². The average Bonchev–Trinajstić information content (AvgIpc) is 3.11. The highest BCUT2D eigenvalue weighted by molar-refractivity contribution is 6.34. The number of nitrogens with two attached hydrogens (primary N) is 1. The molecule has 1 aliphatic carbocycles. The number of hydrogen-bond acceptors (Lipinski definition) is 2. The molecule has 0 atom stereocenters. The first kappa shape index (κ1) is 18.0. The molecule has 1 heterocycles. The molecule has 1 aliphatic rings. The van der Waals surface area contributed by atoms with Crippen molar-refractivity contribution in [2.75, 3.05) is 0 Å². The van der Waals surface area contributed by atoms with E-state index in [1.165, 1.54) is 12.0 Å². The maximum atomic E-state index is 11.9. The van der Waals surface area contributed by atoms with Gasteiger partial charge in [-0.3, -0.25) is 4.79 Å². The van der Waals surface area contributed by atoms with Gasteiger partial charge in [-0.25, -0.2) is 4.98 Å². The summed E-state index contributed by atoms with van der Waals surface area (Å²) >= 11 is 6.39. The molecule has 5 rings (SSSR count). The fourth-order valence-corrected chi connectivity index (χ4v) is 4.63. The summed E-state index contributed by atoms with van der Waals surface area (Å²) in [5.41, 5.74) is 10.7. The number of benzene rings is 3. The number of hydrogen-bond donors (Lipinski definition) is 2. The van der Waals surface area contributed by atoms with Crippen LogP contribution in [-0.2, 0) is 5.41 Å². The van der Waals surface area contributed by atoms with E-state index in [4.69, 9.17) is 22.3 Å². The number of aromatic amines is 1. The molecular weight excluding hydrogens is 382 g/mol. The maximum absolute atomic E-state index is 11.9. The molecule has 4 aromatic rings. The Morgan fingerprint density at radius 1 is 1.00 bits per heavy atom. The SMILES string of the molecule is NC(=O)c1cccc(Cl)c1-c1ccc(C2(c3nc4ccccc4[nH]3)CCC2)cc1. The molecule has 0 unspecified atom stereocenters. The predicted octanol–water partition coefficient (Wildman–Crippen LogP) is 5.45. The van der Waals surface area contributed by atoms with Gasteiger partial charge in [-0.15, -0.1) is 0 Å². The summed E-state index contributed by atoms with van der Waals surface area (Å²) in [6, 6.07) is 21.6. The van der Waals surface area contributed by atoms with Gasteiger partial charge in [0.1, 0.15) is 5.82 Å².